The summed E-state index contributed by atoms with van der Waals surface area (Å²) in [6, 6.07) is 7.98. The van der Waals surface area contributed by atoms with Crippen molar-refractivity contribution in [3.63, 3.8) is 0 Å². The van der Waals surface area contributed by atoms with Gasteiger partial charge in [0.15, 0.2) is 0 Å². The summed E-state index contributed by atoms with van der Waals surface area (Å²) in [5, 5.41) is 10.7. The zero-order valence-electron chi connectivity index (χ0n) is 13.4. The third-order valence-electron chi connectivity index (χ3n) is 4.51. The Bertz CT molecular complexity index is 456. The summed E-state index contributed by atoms with van der Waals surface area (Å²) >= 11 is 0. The number of likely N-dealkylation sites (N-methyl/N-ethyl adjacent to an activating group) is 1. The summed E-state index contributed by atoms with van der Waals surface area (Å²) in [4.78, 5) is 2.17. The highest BCUT2D eigenvalue weighted by atomic mass is 16.5. The van der Waals surface area contributed by atoms with Crippen LogP contribution in [0.3, 0.4) is 0 Å². The molecule has 118 valence electrons. The number of ether oxygens (including phenoxy) is 1. The van der Waals surface area contributed by atoms with Crippen LogP contribution in [0.2, 0.25) is 0 Å². The highest BCUT2D eigenvalue weighted by Gasteiger charge is 2.35. The van der Waals surface area contributed by atoms with Crippen LogP contribution in [0.1, 0.15) is 44.2 Å². The third-order valence-corrected chi connectivity index (χ3v) is 4.51. The zero-order chi connectivity index (χ0) is 15.5. The zero-order valence-corrected chi connectivity index (χ0v) is 13.4. The average Bonchev–Trinajstić information content (AvgIpc) is 2.85. The second kappa shape index (κ2) is 6.77. The molecular formula is C17H28N2O2. The summed E-state index contributed by atoms with van der Waals surface area (Å²) in [5.74, 6) is 0.852. The van der Waals surface area contributed by atoms with Crippen molar-refractivity contribution in [3.05, 3.63) is 29.8 Å². The molecule has 0 aliphatic heterocycles. The first-order valence-corrected chi connectivity index (χ1v) is 7.78. The number of rotatable bonds is 6. The lowest BCUT2D eigenvalue weighted by atomic mass is 9.95. The molecule has 1 aliphatic carbocycles. The van der Waals surface area contributed by atoms with Gasteiger partial charge in [0.1, 0.15) is 5.75 Å². The fourth-order valence-corrected chi connectivity index (χ4v) is 3.59. The van der Waals surface area contributed by atoms with Crippen molar-refractivity contribution in [1.82, 2.24) is 4.90 Å². The maximum absolute atomic E-state index is 10.7. The quantitative estimate of drug-likeness (QED) is 0.845. The number of para-hydroxylation sites is 1. The monoisotopic (exact) mass is 292 g/mol. The molecule has 2 unspecified atom stereocenters. The van der Waals surface area contributed by atoms with Crippen LogP contribution >= 0.6 is 0 Å². The van der Waals surface area contributed by atoms with E-state index in [0.717, 1.165) is 37.0 Å². The molecule has 1 aromatic rings. The molecule has 0 radical (unpaired) electrons. The molecule has 4 heteroatoms. The largest absolute Gasteiger partial charge is 0.496 e. The van der Waals surface area contributed by atoms with Crippen molar-refractivity contribution >= 4 is 0 Å². The highest BCUT2D eigenvalue weighted by molar-refractivity contribution is 5.36. The summed E-state index contributed by atoms with van der Waals surface area (Å²) in [7, 11) is 3.72. The van der Waals surface area contributed by atoms with E-state index in [2.05, 4.69) is 11.0 Å². The first-order valence-electron chi connectivity index (χ1n) is 7.78. The molecular weight excluding hydrogens is 264 g/mol. The van der Waals surface area contributed by atoms with Crippen molar-refractivity contribution < 1.29 is 9.84 Å². The molecule has 0 spiro atoms. The van der Waals surface area contributed by atoms with Crippen molar-refractivity contribution in [2.75, 3.05) is 20.7 Å². The lowest BCUT2D eigenvalue weighted by molar-refractivity contribution is 0.00225. The van der Waals surface area contributed by atoms with E-state index in [-0.39, 0.29) is 12.1 Å². The van der Waals surface area contributed by atoms with E-state index in [4.69, 9.17) is 10.5 Å². The summed E-state index contributed by atoms with van der Waals surface area (Å²) in [5.41, 5.74) is 6.75. The van der Waals surface area contributed by atoms with Crippen LogP contribution < -0.4 is 10.5 Å². The molecule has 2 atom stereocenters. The van der Waals surface area contributed by atoms with Gasteiger partial charge >= 0.3 is 0 Å². The smallest absolute Gasteiger partial charge is 0.123 e. The summed E-state index contributed by atoms with van der Waals surface area (Å²) in [6.07, 6.45) is 3.99. The molecule has 0 aromatic heterocycles. The van der Waals surface area contributed by atoms with E-state index in [0.29, 0.717) is 6.54 Å². The Labute approximate surface area is 127 Å². The molecule has 0 saturated heterocycles. The SMILES string of the molecule is COc1ccccc1C(C(C)N)N(C)CC1(O)CCCC1. The van der Waals surface area contributed by atoms with E-state index in [1.54, 1.807) is 7.11 Å². The molecule has 1 saturated carbocycles. The molecule has 1 fully saturated rings. The number of methoxy groups -OCH3 is 1. The van der Waals surface area contributed by atoms with Crippen LogP contribution in [0.25, 0.3) is 0 Å². The van der Waals surface area contributed by atoms with Gasteiger partial charge in [-0.05, 0) is 32.9 Å². The Morgan fingerprint density at radius 3 is 2.52 bits per heavy atom. The van der Waals surface area contributed by atoms with E-state index < -0.39 is 5.60 Å². The molecule has 0 amide bonds. The van der Waals surface area contributed by atoms with Crippen LogP contribution in [0.5, 0.6) is 5.75 Å². The van der Waals surface area contributed by atoms with Gasteiger partial charge in [0.05, 0.1) is 18.8 Å². The summed E-state index contributed by atoms with van der Waals surface area (Å²) < 4.78 is 5.48. The van der Waals surface area contributed by atoms with Gasteiger partial charge in [-0.15, -0.1) is 0 Å². The van der Waals surface area contributed by atoms with Crippen LogP contribution in [0.4, 0.5) is 0 Å². The Hall–Kier alpha value is -1.10. The molecule has 0 bridgehead atoms. The number of aliphatic hydroxyl groups is 1. The van der Waals surface area contributed by atoms with Crippen LogP contribution in [0, 0.1) is 0 Å². The Morgan fingerprint density at radius 1 is 1.33 bits per heavy atom. The average molecular weight is 292 g/mol. The maximum atomic E-state index is 10.7. The standard InChI is InChI=1S/C17H28N2O2/c1-13(18)16(14-8-4-5-9-15(14)21-3)19(2)12-17(20)10-6-7-11-17/h4-5,8-9,13,16,20H,6-7,10-12,18H2,1-3H3. The number of benzene rings is 1. The Morgan fingerprint density at radius 2 is 1.95 bits per heavy atom. The minimum atomic E-state index is -0.566. The second-order valence-corrected chi connectivity index (χ2v) is 6.39. The number of hydrogen-bond acceptors (Lipinski definition) is 4. The normalized spacial score (nSPS) is 20.5. The van der Waals surface area contributed by atoms with Gasteiger partial charge in [-0.25, -0.2) is 0 Å². The molecule has 2 rings (SSSR count). The minimum absolute atomic E-state index is 0.0331. The minimum Gasteiger partial charge on any atom is -0.496 e. The molecule has 1 aromatic carbocycles. The molecule has 3 N–H and O–H groups in total. The van der Waals surface area contributed by atoms with Crippen molar-refractivity contribution in [2.45, 2.75) is 50.3 Å². The fourth-order valence-electron chi connectivity index (χ4n) is 3.59. The van der Waals surface area contributed by atoms with Crippen molar-refractivity contribution in [2.24, 2.45) is 5.73 Å². The van der Waals surface area contributed by atoms with Gasteiger partial charge < -0.3 is 15.6 Å². The lowest BCUT2D eigenvalue weighted by Gasteiger charge is -2.37. The number of nitrogens with two attached hydrogens (primary N) is 1. The first-order chi connectivity index (χ1) is 9.97. The van der Waals surface area contributed by atoms with Gasteiger partial charge in [-0.1, -0.05) is 31.0 Å². The van der Waals surface area contributed by atoms with Crippen LogP contribution in [0.15, 0.2) is 24.3 Å². The Balaban J connectivity index is 2.22. The molecule has 21 heavy (non-hydrogen) atoms. The number of hydrogen-bond donors (Lipinski definition) is 2. The van der Waals surface area contributed by atoms with Gasteiger partial charge in [-0.2, -0.15) is 0 Å². The molecule has 4 nitrogen and oxygen atoms in total. The van der Waals surface area contributed by atoms with E-state index in [1.807, 2.05) is 32.2 Å². The van der Waals surface area contributed by atoms with Gasteiger partial charge in [0.25, 0.3) is 0 Å². The predicted molar refractivity (Wildman–Crippen MR) is 85.4 cm³/mol. The van der Waals surface area contributed by atoms with Crippen molar-refractivity contribution in [1.29, 1.82) is 0 Å². The highest BCUT2D eigenvalue weighted by Crippen LogP contribution is 2.35. The van der Waals surface area contributed by atoms with Crippen molar-refractivity contribution in [3.8, 4) is 5.75 Å². The third kappa shape index (κ3) is 3.76. The van der Waals surface area contributed by atoms with Gasteiger partial charge in [0, 0.05) is 18.2 Å². The van der Waals surface area contributed by atoms with Gasteiger partial charge in [-0.3, -0.25) is 4.90 Å². The topological polar surface area (TPSA) is 58.7 Å². The second-order valence-electron chi connectivity index (χ2n) is 6.39. The Kier molecular flexibility index (Phi) is 5.25. The molecule has 0 heterocycles. The first kappa shape index (κ1) is 16.3. The number of nitrogens with zero attached hydrogens (tertiary/aromatic N) is 1. The van der Waals surface area contributed by atoms with E-state index in [1.165, 1.54) is 0 Å². The lowest BCUT2D eigenvalue weighted by Crippen LogP contribution is -2.45. The van der Waals surface area contributed by atoms with Crippen LogP contribution in [-0.4, -0.2) is 42.4 Å². The fraction of sp³-hybridized carbons (Fsp3) is 0.647. The van der Waals surface area contributed by atoms with E-state index >= 15 is 0 Å². The molecule has 1 aliphatic rings. The van der Waals surface area contributed by atoms with Crippen LogP contribution in [-0.2, 0) is 0 Å². The predicted octanol–water partition coefficient (Wildman–Crippen LogP) is 2.32. The van der Waals surface area contributed by atoms with E-state index in [9.17, 15) is 5.11 Å². The summed E-state index contributed by atoms with van der Waals surface area (Å²) in [6.45, 7) is 2.66. The maximum Gasteiger partial charge on any atom is 0.123 e. The van der Waals surface area contributed by atoms with Gasteiger partial charge in [0.2, 0.25) is 0 Å².